The normalized spacial score (nSPS) is 10.8. The number of benzene rings is 1. The molecular weight excluding hydrogens is 234 g/mol. The maximum Gasteiger partial charge on any atom is 0.238 e. The van der Waals surface area contributed by atoms with Gasteiger partial charge in [0.1, 0.15) is 12.1 Å². The van der Waals surface area contributed by atoms with Crippen LogP contribution in [0.4, 0.5) is 5.69 Å². The van der Waals surface area contributed by atoms with Crippen LogP contribution in [0.1, 0.15) is 5.89 Å². The Morgan fingerprint density at radius 1 is 1.50 bits per heavy atom. The number of methoxy groups -OCH3 is 1. The van der Waals surface area contributed by atoms with Crippen LogP contribution in [0.2, 0.25) is 0 Å². The van der Waals surface area contributed by atoms with E-state index in [-0.39, 0.29) is 12.5 Å². The fraction of sp³-hybridized carbons (Fsp3) is 0.333. The van der Waals surface area contributed by atoms with Crippen molar-refractivity contribution < 1.29 is 13.9 Å². The van der Waals surface area contributed by atoms with E-state index in [0.717, 1.165) is 0 Å². The van der Waals surface area contributed by atoms with E-state index in [0.29, 0.717) is 29.3 Å². The van der Waals surface area contributed by atoms with Crippen molar-refractivity contribution in [1.82, 2.24) is 10.3 Å². The summed E-state index contributed by atoms with van der Waals surface area (Å²) < 4.78 is 10.4. The van der Waals surface area contributed by atoms with Crippen molar-refractivity contribution in [2.45, 2.75) is 6.61 Å². The maximum absolute atomic E-state index is 11.4. The van der Waals surface area contributed by atoms with E-state index >= 15 is 0 Å². The highest BCUT2D eigenvalue weighted by Gasteiger charge is 2.07. The molecule has 1 heterocycles. The Balaban J connectivity index is 2.18. The van der Waals surface area contributed by atoms with E-state index in [1.165, 1.54) is 0 Å². The molecule has 0 spiro atoms. The molecule has 18 heavy (non-hydrogen) atoms. The van der Waals surface area contributed by atoms with Crippen molar-refractivity contribution in [2.75, 3.05) is 26.0 Å². The van der Waals surface area contributed by atoms with Crippen LogP contribution < -0.4 is 10.6 Å². The SMILES string of the molecule is CNCC(=O)Nc1ccc2oc(COC)nc2c1. The standard InChI is InChI=1S/C12H15N3O3/c1-13-6-11(16)14-8-3-4-10-9(5-8)15-12(18-10)7-17-2/h3-5,13H,6-7H2,1-2H3,(H,14,16). The van der Waals surface area contributed by atoms with Crippen molar-refractivity contribution in [3.8, 4) is 0 Å². The van der Waals surface area contributed by atoms with Gasteiger partial charge in [-0.3, -0.25) is 4.79 Å². The average Bonchev–Trinajstić information content (AvgIpc) is 2.71. The number of ether oxygens (including phenoxy) is 1. The number of rotatable bonds is 5. The summed E-state index contributed by atoms with van der Waals surface area (Å²) >= 11 is 0. The Kier molecular flexibility index (Phi) is 3.91. The fourth-order valence-corrected chi connectivity index (χ4v) is 1.60. The van der Waals surface area contributed by atoms with Gasteiger partial charge in [0, 0.05) is 12.8 Å². The second-order valence-electron chi connectivity index (χ2n) is 3.80. The molecule has 0 aliphatic carbocycles. The quantitative estimate of drug-likeness (QED) is 0.830. The molecule has 6 heteroatoms. The highest BCUT2D eigenvalue weighted by Crippen LogP contribution is 2.20. The van der Waals surface area contributed by atoms with Crippen LogP contribution in [0, 0.1) is 0 Å². The van der Waals surface area contributed by atoms with Gasteiger partial charge in [-0.15, -0.1) is 0 Å². The van der Waals surface area contributed by atoms with E-state index < -0.39 is 0 Å². The van der Waals surface area contributed by atoms with E-state index in [2.05, 4.69) is 15.6 Å². The van der Waals surface area contributed by atoms with Gasteiger partial charge in [-0.05, 0) is 25.2 Å². The zero-order chi connectivity index (χ0) is 13.0. The summed E-state index contributed by atoms with van der Waals surface area (Å²) in [6, 6.07) is 5.32. The third-order valence-corrected chi connectivity index (χ3v) is 2.32. The van der Waals surface area contributed by atoms with Crippen molar-refractivity contribution >= 4 is 22.7 Å². The number of amides is 1. The van der Waals surface area contributed by atoms with Gasteiger partial charge < -0.3 is 19.8 Å². The summed E-state index contributed by atoms with van der Waals surface area (Å²) in [6.45, 7) is 0.599. The summed E-state index contributed by atoms with van der Waals surface area (Å²) in [5.74, 6) is 0.420. The minimum atomic E-state index is -0.0996. The number of nitrogens with one attached hydrogen (secondary N) is 2. The molecule has 6 nitrogen and oxygen atoms in total. The molecule has 2 N–H and O–H groups in total. The number of nitrogens with zero attached hydrogens (tertiary/aromatic N) is 1. The number of carbonyl (C=O) groups excluding carboxylic acids is 1. The Morgan fingerprint density at radius 3 is 3.06 bits per heavy atom. The molecule has 0 bridgehead atoms. The van der Waals surface area contributed by atoms with Crippen molar-refractivity contribution in [1.29, 1.82) is 0 Å². The van der Waals surface area contributed by atoms with Crippen LogP contribution in [0.15, 0.2) is 22.6 Å². The average molecular weight is 249 g/mol. The highest BCUT2D eigenvalue weighted by atomic mass is 16.5. The minimum absolute atomic E-state index is 0.0996. The number of likely N-dealkylation sites (N-methyl/N-ethyl adjacent to an activating group) is 1. The molecule has 0 atom stereocenters. The lowest BCUT2D eigenvalue weighted by Crippen LogP contribution is -2.24. The molecule has 0 fully saturated rings. The molecule has 0 saturated heterocycles. The van der Waals surface area contributed by atoms with Gasteiger partial charge in [-0.25, -0.2) is 4.98 Å². The zero-order valence-corrected chi connectivity index (χ0v) is 10.3. The molecule has 1 amide bonds. The summed E-state index contributed by atoms with van der Waals surface area (Å²) in [4.78, 5) is 15.7. The largest absolute Gasteiger partial charge is 0.438 e. The second-order valence-corrected chi connectivity index (χ2v) is 3.80. The Labute approximate surface area is 104 Å². The molecule has 0 radical (unpaired) electrons. The van der Waals surface area contributed by atoms with Gasteiger partial charge in [0.2, 0.25) is 11.8 Å². The first-order valence-corrected chi connectivity index (χ1v) is 5.56. The molecule has 0 saturated carbocycles. The molecule has 0 unspecified atom stereocenters. The number of fused-ring (bicyclic) bond motifs is 1. The third-order valence-electron chi connectivity index (χ3n) is 2.32. The molecule has 2 aromatic rings. The summed E-state index contributed by atoms with van der Waals surface area (Å²) in [5.41, 5.74) is 2.07. The number of anilines is 1. The number of hydrogen-bond acceptors (Lipinski definition) is 5. The minimum Gasteiger partial charge on any atom is -0.438 e. The van der Waals surface area contributed by atoms with E-state index in [9.17, 15) is 4.79 Å². The molecule has 0 aliphatic heterocycles. The van der Waals surface area contributed by atoms with Gasteiger partial charge in [-0.1, -0.05) is 0 Å². The third kappa shape index (κ3) is 2.85. The highest BCUT2D eigenvalue weighted by molar-refractivity contribution is 5.94. The van der Waals surface area contributed by atoms with Crippen LogP contribution in [-0.4, -0.2) is 31.6 Å². The van der Waals surface area contributed by atoms with E-state index in [1.807, 2.05) is 0 Å². The summed E-state index contributed by atoms with van der Waals surface area (Å²) in [7, 11) is 3.30. The summed E-state index contributed by atoms with van der Waals surface area (Å²) in [6.07, 6.45) is 0. The smallest absolute Gasteiger partial charge is 0.238 e. The number of oxazole rings is 1. The molecule has 96 valence electrons. The number of aromatic nitrogens is 1. The van der Waals surface area contributed by atoms with Crippen LogP contribution in [0.3, 0.4) is 0 Å². The molecular formula is C12H15N3O3. The topological polar surface area (TPSA) is 76.4 Å². The predicted molar refractivity (Wildman–Crippen MR) is 67.3 cm³/mol. The van der Waals surface area contributed by atoms with Gasteiger partial charge >= 0.3 is 0 Å². The Hall–Kier alpha value is -1.92. The van der Waals surface area contributed by atoms with Gasteiger partial charge in [0.15, 0.2) is 5.58 Å². The van der Waals surface area contributed by atoms with Gasteiger partial charge in [0.05, 0.1) is 6.54 Å². The van der Waals surface area contributed by atoms with E-state index in [1.54, 1.807) is 32.4 Å². The first kappa shape index (κ1) is 12.5. The van der Waals surface area contributed by atoms with Crippen molar-refractivity contribution in [2.24, 2.45) is 0 Å². The molecule has 0 aliphatic rings. The lowest BCUT2D eigenvalue weighted by Gasteiger charge is -2.03. The Bertz CT molecular complexity index is 550. The van der Waals surface area contributed by atoms with Crippen molar-refractivity contribution in [3.05, 3.63) is 24.1 Å². The number of carbonyl (C=O) groups is 1. The molecule has 1 aromatic carbocycles. The monoisotopic (exact) mass is 249 g/mol. The molecule has 1 aromatic heterocycles. The van der Waals surface area contributed by atoms with Crippen LogP contribution >= 0.6 is 0 Å². The van der Waals surface area contributed by atoms with Crippen LogP contribution in [0.25, 0.3) is 11.1 Å². The maximum atomic E-state index is 11.4. The predicted octanol–water partition coefficient (Wildman–Crippen LogP) is 1.13. The fourth-order valence-electron chi connectivity index (χ4n) is 1.60. The second kappa shape index (κ2) is 5.61. The molecule has 2 rings (SSSR count). The van der Waals surface area contributed by atoms with Crippen LogP contribution in [0.5, 0.6) is 0 Å². The first-order valence-electron chi connectivity index (χ1n) is 5.56. The first-order chi connectivity index (χ1) is 8.72. The summed E-state index contributed by atoms with van der Waals surface area (Å²) in [5, 5.41) is 5.54. The zero-order valence-electron chi connectivity index (χ0n) is 10.3. The van der Waals surface area contributed by atoms with E-state index in [4.69, 9.17) is 9.15 Å². The number of hydrogen-bond donors (Lipinski definition) is 2. The van der Waals surface area contributed by atoms with Gasteiger partial charge in [-0.2, -0.15) is 0 Å². The van der Waals surface area contributed by atoms with Crippen LogP contribution in [-0.2, 0) is 16.1 Å². The lowest BCUT2D eigenvalue weighted by molar-refractivity contribution is -0.115. The lowest BCUT2D eigenvalue weighted by atomic mass is 10.3. The van der Waals surface area contributed by atoms with Crippen molar-refractivity contribution in [3.63, 3.8) is 0 Å². The van der Waals surface area contributed by atoms with Gasteiger partial charge in [0.25, 0.3) is 0 Å². The Morgan fingerprint density at radius 2 is 2.33 bits per heavy atom.